The van der Waals surface area contributed by atoms with Crippen LogP contribution in [0, 0.1) is 0 Å². The minimum Gasteiger partial charge on any atom is -0.466 e. The Morgan fingerprint density at radius 3 is 2.43 bits per heavy atom. The zero-order chi connectivity index (χ0) is 25.0. The number of urea groups is 1. The monoisotopic (exact) mass is 498 g/mol. The largest absolute Gasteiger partial charge is 0.466 e. The number of benzene rings is 2. The maximum atomic E-state index is 13.2. The van der Waals surface area contributed by atoms with Crippen LogP contribution in [0.5, 0.6) is 0 Å². The molecule has 1 saturated heterocycles. The summed E-state index contributed by atoms with van der Waals surface area (Å²) in [7, 11) is -1.76. The van der Waals surface area contributed by atoms with Crippen molar-refractivity contribution in [2.24, 2.45) is 7.05 Å². The second-order valence-electron chi connectivity index (χ2n) is 8.46. The van der Waals surface area contributed by atoms with Gasteiger partial charge in [-0.15, -0.1) is 0 Å². The number of carbonyl (C=O) groups is 2. The third kappa shape index (κ3) is 5.49. The van der Waals surface area contributed by atoms with Gasteiger partial charge in [0.05, 0.1) is 24.0 Å². The van der Waals surface area contributed by atoms with E-state index in [0.29, 0.717) is 0 Å². The van der Waals surface area contributed by atoms with E-state index < -0.39 is 22.0 Å². The zero-order valence-corrected chi connectivity index (χ0v) is 20.7. The highest BCUT2D eigenvalue weighted by atomic mass is 32.2. The van der Waals surface area contributed by atoms with E-state index in [4.69, 9.17) is 4.74 Å². The van der Waals surface area contributed by atoms with Gasteiger partial charge < -0.3 is 19.5 Å². The maximum absolute atomic E-state index is 13.2. The molecule has 1 atom stereocenters. The molecule has 0 bridgehead atoms. The molecule has 3 aromatic rings. The molecule has 10 heteroatoms. The lowest BCUT2D eigenvalue weighted by Gasteiger charge is -2.35. The van der Waals surface area contributed by atoms with Crippen LogP contribution in [0.15, 0.2) is 65.7 Å². The first-order valence-corrected chi connectivity index (χ1v) is 13.0. The van der Waals surface area contributed by atoms with Gasteiger partial charge in [-0.25, -0.2) is 13.2 Å². The predicted octanol–water partition coefficient (Wildman–Crippen LogP) is 2.89. The predicted molar refractivity (Wildman–Crippen MR) is 132 cm³/mol. The average Bonchev–Trinajstić information content (AvgIpc) is 3.24. The van der Waals surface area contributed by atoms with Gasteiger partial charge in [0, 0.05) is 50.3 Å². The van der Waals surface area contributed by atoms with Crippen molar-refractivity contribution in [2.75, 3.05) is 32.8 Å². The van der Waals surface area contributed by atoms with Crippen molar-refractivity contribution in [1.29, 1.82) is 0 Å². The van der Waals surface area contributed by atoms with Crippen LogP contribution >= 0.6 is 0 Å². The quantitative estimate of drug-likeness (QED) is 0.505. The number of fused-ring (bicyclic) bond motifs is 1. The smallest absolute Gasteiger partial charge is 0.317 e. The van der Waals surface area contributed by atoms with E-state index in [2.05, 4.69) is 5.32 Å². The zero-order valence-electron chi connectivity index (χ0n) is 19.9. The summed E-state index contributed by atoms with van der Waals surface area (Å²) in [4.78, 5) is 26.9. The van der Waals surface area contributed by atoms with E-state index in [0.717, 1.165) is 16.5 Å². The van der Waals surface area contributed by atoms with E-state index in [9.17, 15) is 18.0 Å². The van der Waals surface area contributed by atoms with Crippen LogP contribution in [0.3, 0.4) is 0 Å². The second-order valence-corrected chi connectivity index (χ2v) is 10.4. The normalized spacial score (nSPS) is 15.7. The molecule has 0 saturated carbocycles. The summed E-state index contributed by atoms with van der Waals surface area (Å²) < 4.78 is 34.8. The van der Waals surface area contributed by atoms with Crippen molar-refractivity contribution >= 4 is 32.9 Å². The Labute approximate surface area is 205 Å². The molecule has 2 amide bonds. The van der Waals surface area contributed by atoms with E-state index in [-0.39, 0.29) is 50.1 Å². The molecule has 1 aliphatic rings. The fourth-order valence-corrected chi connectivity index (χ4v) is 5.72. The Balaban J connectivity index is 1.41. The molecular formula is C25H30N4O5S. The molecule has 2 aromatic carbocycles. The van der Waals surface area contributed by atoms with Crippen LogP contribution in [0.25, 0.3) is 10.9 Å². The first-order valence-electron chi connectivity index (χ1n) is 11.6. The van der Waals surface area contributed by atoms with Crippen molar-refractivity contribution in [3.63, 3.8) is 0 Å². The second kappa shape index (κ2) is 10.5. The third-order valence-corrected chi connectivity index (χ3v) is 8.09. The number of hydrogen-bond donors (Lipinski definition) is 1. The molecule has 4 rings (SSSR count). The van der Waals surface area contributed by atoms with Crippen LogP contribution in [-0.4, -0.2) is 67.0 Å². The SMILES string of the molecule is CCOC(=O)C[C@@H](NC(=O)N1CCN(S(=O)(=O)c2ccc3c(ccn3C)c2)CC1)c1ccccc1. The summed E-state index contributed by atoms with van der Waals surface area (Å²) in [5.74, 6) is -0.395. The number of amides is 2. The van der Waals surface area contributed by atoms with Crippen molar-refractivity contribution in [3.05, 3.63) is 66.4 Å². The molecule has 0 unspecified atom stereocenters. The number of nitrogens with zero attached hydrogens (tertiary/aromatic N) is 3. The molecule has 1 fully saturated rings. The number of aryl methyl sites for hydroxylation is 1. The fraction of sp³-hybridized carbons (Fsp3) is 0.360. The molecular weight excluding hydrogens is 468 g/mol. The molecule has 1 aromatic heterocycles. The number of rotatable bonds is 7. The summed E-state index contributed by atoms with van der Waals surface area (Å²) in [6.07, 6.45) is 1.91. The molecule has 35 heavy (non-hydrogen) atoms. The number of ether oxygens (including phenoxy) is 1. The van der Waals surface area contributed by atoms with Gasteiger partial charge in [-0.2, -0.15) is 4.31 Å². The highest BCUT2D eigenvalue weighted by Gasteiger charge is 2.31. The Morgan fingerprint density at radius 2 is 1.74 bits per heavy atom. The molecule has 186 valence electrons. The van der Waals surface area contributed by atoms with Gasteiger partial charge in [-0.05, 0) is 36.8 Å². The van der Waals surface area contributed by atoms with Gasteiger partial charge in [0.25, 0.3) is 0 Å². The van der Waals surface area contributed by atoms with Crippen LogP contribution < -0.4 is 5.32 Å². The topological polar surface area (TPSA) is 101 Å². The van der Waals surface area contributed by atoms with Crippen LogP contribution in [0.2, 0.25) is 0 Å². The molecule has 0 aliphatic carbocycles. The number of aromatic nitrogens is 1. The lowest BCUT2D eigenvalue weighted by atomic mass is 10.0. The minimum absolute atomic E-state index is 0.0138. The molecule has 0 radical (unpaired) electrons. The minimum atomic E-state index is -3.68. The van der Waals surface area contributed by atoms with Gasteiger partial charge in [0.2, 0.25) is 10.0 Å². The van der Waals surface area contributed by atoms with Crippen LogP contribution in [-0.2, 0) is 26.6 Å². The van der Waals surface area contributed by atoms with Crippen LogP contribution in [0.4, 0.5) is 4.79 Å². The lowest BCUT2D eigenvalue weighted by molar-refractivity contribution is -0.143. The third-order valence-electron chi connectivity index (χ3n) is 6.20. The van der Waals surface area contributed by atoms with Crippen molar-refractivity contribution in [1.82, 2.24) is 19.1 Å². The van der Waals surface area contributed by atoms with Gasteiger partial charge in [-0.3, -0.25) is 4.79 Å². The van der Waals surface area contributed by atoms with Gasteiger partial charge in [0.1, 0.15) is 0 Å². The summed E-state index contributed by atoms with van der Waals surface area (Å²) in [5.41, 5.74) is 1.76. The fourth-order valence-electron chi connectivity index (χ4n) is 4.27. The molecule has 0 spiro atoms. The summed E-state index contributed by atoms with van der Waals surface area (Å²) >= 11 is 0. The first-order chi connectivity index (χ1) is 16.8. The van der Waals surface area contributed by atoms with E-state index in [1.54, 1.807) is 30.0 Å². The highest BCUT2D eigenvalue weighted by Crippen LogP contribution is 2.24. The van der Waals surface area contributed by atoms with Crippen LogP contribution in [0.1, 0.15) is 24.9 Å². The standard InChI is InChI=1S/C25H30N4O5S/c1-3-34-24(30)18-22(19-7-5-4-6-8-19)26-25(31)28-13-15-29(16-14-28)35(32,33)21-9-10-23-20(17-21)11-12-27(23)2/h4-12,17,22H,3,13-16,18H2,1-2H3,(H,26,31)/t22-/m1/s1. The molecule has 2 heterocycles. The molecule has 1 aliphatic heterocycles. The Hall–Kier alpha value is -3.37. The van der Waals surface area contributed by atoms with E-state index >= 15 is 0 Å². The highest BCUT2D eigenvalue weighted by molar-refractivity contribution is 7.89. The van der Waals surface area contributed by atoms with Gasteiger partial charge in [-0.1, -0.05) is 30.3 Å². The molecule has 1 N–H and O–H groups in total. The number of sulfonamides is 1. The summed E-state index contributed by atoms with van der Waals surface area (Å²) in [6.45, 7) is 2.88. The van der Waals surface area contributed by atoms with Gasteiger partial charge in [0.15, 0.2) is 0 Å². The first kappa shape index (κ1) is 24.7. The van der Waals surface area contributed by atoms with Crippen molar-refractivity contribution in [2.45, 2.75) is 24.3 Å². The summed E-state index contributed by atoms with van der Waals surface area (Å²) in [5, 5.41) is 3.78. The molecule has 9 nitrogen and oxygen atoms in total. The van der Waals surface area contributed by atoms with E-state index in [1.807, 2.05) is 54.2 Å². The maximum Gasteiger partial charge on any atom is 0.317 e. The Kier molecular flexibility index (Phi) is 7.42. The number of esters is 1. The number of nitrogens with one attached hydrogen (secondary N) is 1. The number of carbonyl (C=O) groups excluding carboxylic acids is 2. The van der Waals surface area contributed by atoms with E-state index in [1.165, 1.54) is 4.31 Å². The van der Waals surface area contributed by atoms with Crippen molar-refractivity contribution in [3.8, 4) is 0 Å². The average molecular weight is 499 g/mol. The summed E-state index contributed by atoms with van der Waals surface area (Å²) in [6, 6.07) is 15.4. The lowest BCUT2D eigenvalue weighted by Crippen LogP contribution is -2.53. The van der Waals surface area contributed by atoms with Gasteiger partial charge >= 0.3 is 12.0 Å². The number of piperazine rings is 1. The Bertz CT molecular complexity index is 1300. The Morgan fingerprint density at radius 1 is 1.03 bits per heavy atom. The van der Waals surface area contributed by atoms with Crippen molar-refractivity contribution < 1.29 is 22.7 Å². The number of hydrogen-bond acceptors (Lipinski definition) is 5.